The Kier molecular flexibility index (Phi) is 6.03. The Morgan fingerprint density at radius 2 is 1.74 bits per heavy atom. The van der Waals surface area contributed by atoms with Crippen molar-refractivity contribution in [2.75, 3.05) is 39.4 Å². The number of ether oxygens (including phenoxy) is 2. The summed E-state index contributed by atoms with van der Waals surface area (Å²) in [6.45, 7) is 6.73. The fourth-order valence-electron chi connectivity index (χ4n) is 2.64. The van der Waals surface area contributed by atoms with Crippen LogP contribution in [0.2, 0.25) is 0 Å². The highest BCUT2D eigenvalue weighted by Gasteiger charge is 2.08. The second kappa shape index (κ2) is 8.67. The van der Waals surface area contributed by atoms with Crippen LogP contribution in [0.15, 0.2) is 54.6 Å². The van der Waals surface area contributed by atoms with Crippen molar-refractivity contribution in [1.82, 2.24) is 10.2 Å². The Morgan fingerprint density at radius 3 is 2.57 bits per heavy atom. The van der Waals surface area contributed by atoms with Gasteiger partial charge in [-0.1, -0.05) is 30.3 Å². The molecular weight excluding hydrogens is 288 g/mol. The van der Waals surface area contributed by atoms with E-state index in [4.69, 9.17) is 9.47 Å². The highest BCUT2D eigenvalue weighted by molar-refractivity contribution is 5.33. The molecule has 4 nitrogen and oxygen atoms in total. The fraction of sp³-hybridized carbons (Fsp3) is 0.368. The summed E-state index contributed by atoms with van der Waals surface area (Å²) in [5, 5.41) is 3.50. The Morgan fingerprint density at radius 1 is 0.957 bits per heavy atom. The second-order valence-electron chi connectivity index (χ2n) is 5.69. The van der Waals surface area contributed by atoms with Gasteiger partial charge in [-0.3, -0.25) is 4.90 Å². The summed E-state index contributed by atoms with van der Waals surface area (Å²) in [7, 11) is 0. The van der Waals surface area contributed by atoms with E-state index in [0.29, 0.717) is 0 Å². The lowest BCUT2D eigenvalue weighted by molar-refractivity contribution is 0.0384. The third kappa shape index (κ3) is 5.36. The molecule has 23 heavy (non-hydrogen) atoms. The molecule has 0 spiro atoms. The number of hydrogen-bond donors (Lipinski definition) is 1. The van der Waals surface area contributed by atoms with E-state index in [9.17, 15) is 0 Å². The Labute approximate surface area is 138 Å². The smallest absolute Gasteiger partial charge is 0.127 e. The fourth-order valence-corrected chi connectivity index (χ4v) is 2.64. The van der Waals surface area contributed by atoms with Crippen molar-refractivity contribution >= 4 is 0 Å². The van der Waals surface area contributed by atoms with Crippen LogP contribution in [0.5, 0.6) is 11.5 Å². The first-order chi connectivity index (χ1) is 11.4. The first-order valence-electron chi connectivity index (χ1n) is 8.23. The van der Waals surface area contributed by atoms with Crippen LogP contribution in [0.3, 0.4) is 0 Å². The second-order valence-corrected chi connectivity index (χ2v) is 5.69. The van der Waals surface area contributed by atoms with Crippen LogP contribution >= 0.6 is 0 Å². The van der Waals surface area contributed by atoms with Crippen molar-refractivity contribution < 1.29 is 9.47 Å². The molecule has 1 aliphatic rings. The molecular formula is C19H24N2O2. The number of nitrogens with one attached hydrogen (secondary N) is 1. The minimum Gasteiger partial charge on any atom is -0.457 e. The molecule has 0 bridgehead atoms. The molecule has 0 unspecified atom stereocenters. The lowest BCUT2D eigenvalue weighted by Gasteiger charge is -2.26. The van der Waals surface area contributed by atoms with E-state index in [1.807, 2.05) is 42.5 Å². The van der Waals surface area contributed by atoms with Crippen LogP contribution < -0.4 is 10.1 Å². The van der Waals surface area contributed by atoms with Gasteiger partial charge >= 0.3 is 0 Å². The molecule has 0 atom stereocenters. The Hall–Kier alpha value is -1.88. The van der Waals surface area contributed by atoms with E-state index in [1.54, 1.807) is 0 Å². The summed E-state index contributed by atoms with van der Waals surface area (Å²) >= 11 is 0. The van der Waals surface area contributed by atoms with Gasteiger partial charge in [0.2, 0.25) is 0 Å². The standard InChI is InChI=1S/C19H24N2O2/c1-2-6-18(7-3-1)23-19-8-4-5-17(15-19)16-20-9-10-21-11-13-22-14-12-21/h1-8,15,20H,9-14,16H2. The maximum atomic E-state index is 5.87. The number of para-hydroxylation sites is 1. The van der Waals surface area contributed by atoms with E-state index in [0.717, 1.165) is 57.4 Å². The molecule has 2 aromatic rings. The lowest BCUT2D eigenvalue weighted by Crippen LogP contribution is -2.40. The zero-order chi connectivity index (χ0) is 15.7. The summed E-state index contributed by atoms with van der Waals surface area (Å²) in [4.78, 5) is 2.44. The van der Waals surface area contributed by atoms with Gasteiger partial charge < -0.3 is 14.8 Å². The summed E-state index contributed by atoms with van der Waals surface area (Å²) in [6.07, 6.45) is 0. The summed E-state index contributed by atoms with van der Waals surface area (Å²) in [5.41, 5.74) is 1.24. The highest BCUT2D eigenvalue weighted by Crippen LogP contribution is 2.21. The van der Waals surface area contributed by atoms with Crippen LogP contribution in [-0.4, -0.2) is 44.3 Å². The average Bonchev–Trinajstić information content (AvgIpc) is 2.61. The van der Waals surface area contributed by atoms with Crippen LogP contribution in [0.25, 0.3) is 0 Å². The summed E-state index contributed by atoms with van der Waals surface area (Å²) < 4.78 is 11.2. The van der Waals surface area contributed by atoms with Crippen molar-refractivity contribution in [3.05, 3.63) is 60.2 Å². The minimum absolute atomic E-state index is 0.857. The van der Waals surface area contributed by atoms with Crippen LogP contribution in [-0.2, 0) is 11.3 Å². The van der Waals surface area contributed by atoms with Gasteiger partial charge in [0.25, 0.3) is 0 Å². The lowest BCUT2D eigenvalue weighted by atomic mass is 10.2. The number of morpholine rings is 1. The van der Waals surface area contributed by atoms with Gasteiger partial charge in [0.1, 0.15) is 11.5 Å². The van der Waals surface area contributed by atoms with Gasteiger partial charge in [-0.2, -0.15) is 0 Å². The SMILES string of the molecule is c1ccc(Oc2cccc(CNCCN3CCOCC3)c2)cc1. The van der Waals surface area contributed by atoms with E-state index in [-0.39, 0.29) is 0 Å². The van der Waals surface area contributed by atoms with Gasteiger partial charge in [-0.25, -0.2) is 0 Å². The zero-order valence-electron chi connectivity index (χ0n) is 13.4. The molecule has 1 N–H and O–H groups in total. The van der Waals surface area contributed by atoms with Crippen LogP contribution in [0, 0.1) is 0 Å². The third-order valence-corrected chi connectivity index (χ3v) is 3.91. The Balaban J connectivity index is 1.44. The van der Waals surface area contributed by atoms with E-state index in [1.165, 1.54) is 5.56 Å². The van der Waals surface area contributed by atoms with Gasteiger partial charge in [0.15, 0.2) is 0 Å². The minimum atomic E-state index is 0.857. The summed E-state index contributed by atoms with van der Waals surface area (Å²) in [6, 6.07) is 18.1. The van der Waals surface area contributed by atoms with Crippen molar-refractivity contribution in [3.8, 4) is 11.5 Å². The molecule has 0 saturated carbocycles. The van der Waals surface area contributed by atoms with Crippen LogP contribution in [0.4, 0.5) is 0 Å². The largest absolute Gasteiger partial charge is 0.457 e. The molecule has 2 aromatic carbocycles. The first kappa shape index (κ1) is 16.0. The molecule has 0 radical (unpaired) electrons. The van der Waals surface area contributed by atoms with Crippen molar-refractivity contribution in [2.24, 2.45) is 0 Å². The topological polar surface area (TPSA) is 33.7 Å². The van der Waals surface area contributed by atoms with Gasteiger partial charge in [-0.05, 0) is 29.8 Å². The molecule has 1 saturated heterocycles. The predicted molar refractivity (Wildman–Crippen MR) is 91.9 cm³/mol. The van der Waals surface area contributed by atoms with E-state index < -0.39 is 0 Å². The average molecular weight is 312 g/mol. The quantitative estimate of drug-likeness (QED) is 0.797. The summed E-state index contributed by atoms with van der Waals surface area (Å²) in [5.74, 6) is 1.74. The highest BCUT2D eigenvalue weighted by atomic mass is 16.5. The van der Waals surface area contributed by atoms with Gasteiger partial charge in [0.05, 0.1) is 13.2 Å². The molecule has 3 rings (SSSR count). The monoisotopic (exact) mass is 312 g/mol. The molecule has 4 heteroatoms. The van der Waals surface area contributed by atoms with Crippen LogP contribution in [0.1, 0.15) is 5.56 Å². The maximum absolute atomic E-state index is 5.87. The van der Waals surface area contributed by atoms with Crippen molar-refractivity contribution in [3.63, 3.8) is 0 Å². The number of hydrogen-bond acceptors (Lipinski definition) is 4. The van der Waals surface area contributed by atoms with Gasteiger partial charge in [-0.15, -0.1) is 0 Å². The molecule has 122 valence electrons. The molecule has 0 amide bonds. The number of rotatable bonds is 7. The molecule has 0 aromatic heterocycles. The maximum Gasteiger partial charge on any atom is 0.127 e. The van der Waals surface area contributed by atoms with Gasteiger partial charge in [0, 0.05) is 32.7 Å². The van der Waals surface area contributed by atoms with E-state index in [2.05, 4.69) is 22.3 Å². The number of benzene rings is 2. The third-order valence-electron chi connectivity index (χ3n) is 3.91. The van der Waals surface area contributed by atoms with E-state index >= 15 is 0 Å². The first-order valence-corrected chi connectivity index (χ1v) is 8.23. The number of nitrogens with zero attached hydrogens (tertiary/aromatic N) is 1. The molecule has 1 heterocycles. The predicted octanol–water partition coefficient (Wildman–Crippen LogP) is 2.90. The normalized spacial score (nSPS) is 15.5. The molecule has 1 aliphatic heterocycles. The van der Waals surface area contributed by atoms with Crippen molar-refractivity contribution in [1.29, 1.82) is 0 Å². The van der Waals surface area contributed by atoms with Crippen molar-refractivity contribution in [2.45, 2.75) is 6.54 Å². The molecule has 0 aliphatic carbocycles. The Bertz CT molecular complexity index is 583. The molecule has 1 fully saturated rings. The zero-order valence-corrected chi connectivity index (χ0v) is 13.4.